The number of fused-ring (bicyclic) bond motifs is 1. The van der Waals surface area contributed by atoms with E-state index in [1.807, 2.05) is 24.3 Å². The molecular weight excluding hydrogens is 460 g/mol. The van der Waals surface area contributed by atoms with E-state index in [1.165, 1.54) is 11.1 Å². The third kappa shape index (κ3) is 6.53. The summed E-state index contributed by atoms with van der Waals surface area (Å²) in [6.07, 6.45) is 4.58. The second-order valence-electron chi connectivity index (χ2n) is 9.69. The third-order valence-electron chi connectivity index (χ3n) is 6.52. The van der Waals surface area contributed by atoms with E-state index in [1.54, 1.807) is 7.11 Å². The number of hydrogen-bond acceptors (Lipinski definition) is 4. The van der Waals surface area contributed by atoms with Crippen LogP contribution in [0, 0.1) is 6.92 Å². The van der Waals surface area contributed by atoms with Gasteiger partial charge in [-0.3, -0.25) is 0 Å². The molecule has 1 aromatic heterocycles. The number of hydrogen-bond donors (Lipinski definition) is 0. The average molecular weight is 499 g/mol. The highest BCUT2D eigenvalue weighted by Gasteiger charge is 2.14. The summed E-state index contributed by atoms with van der Waals surface area (Å²) in [5, 5.41) is 0. The molecule has 4 rings (SSSR count). The van der Waals surface area contributed by atoms with Crippen molar-refractivity contribution in [3.63, 3.8) is 0 Å². The number of aryl methyl sites for hydroxylation is 2. The Labute approximate surface area is 220 Å². The number of allylic oxidation sites excluding steroid dienone is 1. The Kier molecular flexibility index (Phi) is 8.89. The molecule has 0 N–H and O–H groups in total. The molecule has 1 heterocycles. The number of benzene rings is 3. The first-order valence-corrected chi connectivity index (χ1v) is 13.1. The van der Waals surface area contributed by atoms with Crippen molar-refractivity contribution >= 4 is 11.0 Å². The number of aromatic nitrogens is 2. The zero-order chi connectivity index (χ0) is 26.2. The molecule has 0 unspecified atom stereocenters. The van der Waals surface area contributed by atoms with Crippen molar-refractivity contribution in [2.45, 2.75) is 59.1 Å². The molecule has 37 heavy (non-hydrogen) atoms. The lowest BCUT2D eigenvalue weighted by Gasteiger charge is -2.16. The molecule has 5 nitrogen and oxygen atoms in total. The average Bonchev–Trinajstić information content (AvgIpc) is 3.25. The third-order valence-corrected chi connectivity index (χ3v) is 6.52. The van der Waals surface area contributed by atoms with Crippen molar-refractivity contribution in [3.05, 3.63) is 95.8 Å². The molecule has 5 heteroatoms. The second kappa shape index (κ2) is 12.5. The fourth-order valence-electron chi connectivity index (χ4n) is 4.55. The standard InChI is InChI=1S/C32H38N2O3/c1-6-11-25-15-17-29(31(21-25)35-5)36-19-10-9-18-34-28-13-8-7-12-27(28)33-32(34)22-37-30-20-24(4)14-16-26(30)23(2)3/h6-8,12-17,20-21,23H,1,9-11,18-19,22H2,2-5H3. The second-order valence-corrected chi connectivity index (χ2v) is 9.69. The van der Waals surface area contributed by atoms with Crippen LogP contribution in [-0.2, 0) is 19.6 Å². The summed E-state index contributed by atoms with van der Waals surface area (Å²) in [7, 11) is 1.68. The first-order valence-electron chi connectivity index (χ1n) is 13.1. The Morgan fingerprint density at radius 3 is 2.57 bits per heavy atom. The summed E-state index contributed by atoms with van der Waals surface area (Å²) < 4.78 is 20.2. The van der Waals surface area contributed by atoms with Crippen molar-refractivity contribution in [1.82, 2.24) is 9.55 Å². The van der Waals surface area contributed by atoms with Gasteiger partial charge in [0.1, 0.15) is 18.2 Å². The molecular formula is C32H38N2O3. The molecule has 0 aliphatic carbocycles. The summed E-state index contributed by atoms with van der Waals surface area (Å²) in [6, 6.07) is 20.8. The van der Waals surface area contributed by atoms with Gasteiger partial charge < -0.3 is 18.8 Å². The Hall–Kier alpha value is -3.73. The molecule has 0 radical (unpaired) electrons. The minimum absolute atomic E-state index is 0.395. The molecule has 4 aromatic rings. The number of methoxy groups -OCH3 is 1. The Morgan fingerprint density at radius 1 is 0.946 bits per heavy atom. The normalized spacial score (nSPS) is 11.2. The number of rotatable bonds is 13. The van der Waals surface area contributed by atoms with Gasteiger partial charge in [0.25, 0.3) is 0 Å². The van der Waals surface area contributed by atoms with Crippen molar-refractivity contribution in [2.24, 2.45) is 0 Å². The highest BCUT2D eigenvalue weighted by Crippen LogP contribution is 2.30. The van der Waals surface area contributed by atoms with E-state index in [0.717, 1.165) is 65.5 Å². The van der Waals surface area contributed by atoms with Gasteiger partial charge >= 0.3 is 0 Å². The van der Waals surface area contributed by atoms with Crippen LogP contribution in [0.25, 0.3) is 11.0 Å². The van der Waals surface area contributed by atoms with Gasteiger partial charge in [-0.25, -0.2) is 4.98 Å². The zero-order valence-corrected chi connectivity index (χ0v) is 22.5. The predicted octanol–water partition coefficient (Wildman–Crippen LogP) is 7.64. The summed E-state index contributed by atoms with van der Waals surface area (Å²) in [5.74, 6) is 3.81. The van der Waals surface area contributed by atoms with E-state index in [2.05, 4.69) is 74.4 Å². The van der Waals surface area contributed by atoms with Gasteiger partial charge in [-0.2, -0.15) is 0 Å². The van der Waals surface area contributed by atoms with E-state index in [0.29, 0.717) is 19.1 Å². The Morgan fingerprint density at radius 2 is 1.78 bits per heavy atom. The van der Waals surface area contributed by atoms with E-state index in [4.69, 9.17) is 19.2 Å². The monoisotopic (exact) mass is 498 g/mol. The fraction of sp³-hybridized carbons (Fsp3) is 0.344. The molecule has 0 saturated heterocycles. The molecule has 0 aliphatic heterocycles. The lowest BCUT2D eigenvalue weighted by atomic mass is 10.0. The van der Waals surface area contributed by atoms with Crippen molar-refractivity contribution in [1.29, 1.82) is 0 Å². The maximum atomic E-state index is 6.35. The number of imidazole rings is 1. The van der Waals surface area contributed by atoms with E-state index >= 15 is 0 Å². The van der Waals surface area contributed by atoms with Gasteiger partial charge in [-0.1, -0.05) is 50.3 Å². The zero-order valence-electron chi connectivity index (χ0n) is 22.5. The van der Waals surface area contributed by atoms with Crippen LogP contribution in [0.3, 0.4) is 0 Å². The van der Waals surface area contributed by atoms with Gasteiger partial charge in [0.05, 0.1) is 24.8 Å². The molecule has 0 spiro atoms. The number of para-hydroxylation sites is 2. The van der Waals surface area contributed by atoms with Gasteiger partial charge in [0, 0.05) is 6.54 Å². The molecule has 0 aliphatic rings. The molecule has 0 bridgehead atoms. The molecule has 0 fully saturated rings. The molecule has 0 saturated carbocycles. The Balaban J connectivity index is 1.41. The van der Waals surface area contributed by atoms with E-state index in [9.17, 15) is 0 Å². The van der Waals surface area contributed by atoms with Crippen LogP contribution in [0.1, 0.15) is 55.1 Å². The quantitative estimate of drug-likeness (QED) is 0.140. The van der Waals surface area contributed by atoms with Gasteiger partial charge in [0.2, 0.25) is 0 Å². The maximum Gasteiger partial charge on any atom is 0.161 e. The van der Waals surface area contributed by atoms with Crippen LogP contribution < -0.4 is 14.2 Å². The van der Waals surface area contributed by atoms with Gasteiger partial charge in [-0.05, 0) is 79.1 Å². The lowest BCUT2D eigenvalue weighted by Crippen LogP contribution is -2.10. The van der Waals surface area contributed by atoms with Crippen LogP contribution in [0.2, 0.25) is 0 Å². The highest BCUT2D eigenvalue weighted by molar-refractivity contribution is 5.75. The molecule has 3 aromatic carbocycles. The van der Waals surface area contributed by atoms with E-state index in [-0.39, 0.29) is 0 Å². The van der Waals surface area contributed by atoms with Gasteiger partial charge in [0.15, 0.2) is 11.5 Å². The number of nitrogens with zero attached hydrogens (tertiary/aromatic N) is 2. The largest absolute Gasteiger partial charge is 0.493 e. The van der Waals surface area contributed by atoms with Crippen molar-refractivity contribution in [2.75, 3.05) is 13.7 Å². The predicted molar refractivity (Wildman–Crippen MR) is 151 cm³/mol. The summed E-state index contributed by atoms with van der Waals surface area (Å²) in [6.45, 7) is 12.2. The summed E-state index contributed by atoms with van der Waals surface area (Å²) >= 11 is 0. The first kappa shape index (κ1) is 26.3. The van der Waals surface area contributed by atoms with Crippen LogP contribution in [0.15, 0.2) is 73.3 Å². The van der Waals surface area contributed by atoms with Crippen LogP contribution in [0.4, 0.5) is 0 Å². The van der Waals surface area contributed by atoms with Crippen molar-refractivity contribution < 1.29 is 14.2 Å². The summed E-state index contributed by atoms with van der Waals surface area (Å²) in [5.41, 5.74) is 5.70. The minimum Gasteiger partial charge on any atom is -0.493 e. The minimum atomic E-state index is 0.395. The number of unbranched alkanes of at least 4 members (excludes halogenated alkanes) is 1. The van der Waals surface area contributed by atoms with Crippen LogP contribution in [-0.4, -0.2) is 23.3 Å². The van der Waals surface area contributed by atoms with Crippen molar-refractivity contribution in [3.8, 4) is 17.2 Å². The molecule has 0 atom stereocenters. The molecule has 194 valence electrons. The van der Waals surface area contributed by atoms with Gasteiger partial charge in [-0.15, -0.1) is 6.58 Å². The fourth-order valence-corrected chi connectivity index (χ4v) is 4.55. The van der Waals surface area contributed by atoms with Crippen LogP contribution in [0.5, 0.6) is 17.2 Å². The summed E-state index contributed by atoms with van der Waals surface area (Å²) in [4.78, 5) is 4.90. The first-order chi connectivity index (χ1) is 18.0. The highest BCUT2D eigenvalue weighted by atomic mass is 16.5. The van der Waals surface area contributed by atoms with Crippen LogP contribution >= 0.6 is 0 Å². The number of ether oxygens (including phenoxy) is 3. The molecule has 0 amide bonds. The lowest BCUT2D eigenvalue weighted by molar-refractivity contribution is 0.276. The van der Waals surface area contributed by atoms with E-state index < -0.39 is 0 Å². The Bertz CT molecular complexity index is 1340. The maximum absolute atomic E-state index is 6.35. The SMILES string of the molecule is C=CCc1ccc(OCCCCn2c(COc3cc(C)ccc3C(C)C)nc3ccccc32)c(OC)c1. The topological polar surface area (TPSA) is 45.5 Å². The smallest absolute Gasteiger partial charge is 0.161 e.